The van der Waals surface area contributed by atoms with Crippen molar-refractivity contribution in [2.75, 3.05) is 12.4 Å². The molecule has 1 N–H and O–H groups in total. The van der Waals surface area contributed by atoms with Crippen molar-refractivity contribution in [3.63, 3.8) is 0 Å². The van der Waals surface area contributed by atoms with E-state index in [-0.39, 0.29) is 12.4 Å². The second kappa shape index (κ2) is 7.75. The van der Waals surface area contributed by atoms with E-state index in [1.807, 2.05) is 0 Å². The van der Waals surface area contributed by atoms with Gasteiger partial charge in [-0.15, -0.1) is 0 Å². The van der Waals surface area contributed by atoms with E-state index in [4.69, 9.17) is 4.74 Å². The minimum atomic E-state index is -0.639. The minimum Gasteiger partial charge on any atom is -0.491 e. The van der Waals surface area contributed by atoms with Gasteiger partial charge in [0.1, 0.15) is 12.4 Å². The SMILES string of the molecule is CC(=O)c1cccc(OC[C@H](O)CSc2ncccn2)c1. The third-order valence-electron chi connectivity index (χ3n) is 2.63. The first-order valence-electron chi connectivity index (χ1n) is 6.47. The molecular formula is C15H16N2O3S. The average Bonchev–Trinajstić information content (AvgIpc) is 2.52. The highest BCUT2D eigenvalue weighted by Gasteiger charge is 2.08. The number of aliphatic hydroxyl groups excluding tert-OH is 1. The van der Waals surface area contributed by atoms with Crippen molar-refractivity contribution in [2.24, 2.45) is 0 Å². The summed E-state index contributed by atoms with van der Waals surface area (Å²) in [4.78, 5) is 19.4. The average molecular weight is 304 g/mol. The van der Waals surface area contributed by atoms with Crippen molar-refractivity contribution in [1.29, 1.82) is 0 Å². The molecule has 0 saturated heterocycles. The van der Waals surface area contributed by atoms with Crippen LogP contribution in [0.5, 0.6) is 5.75 Å². The van der Waals surface area contributed by atoms with Gasteiger partial charge in [0, 0.05) is 23.7 Å². The van der Waals surface area contributed by atoms with E-state index < -0.39 is 6.10 Å². The van der Waals surface area contributed by atoms with Crippen LogP contribution < -0.4 is 4.74 Å². The summed E-state index contributed by atoms with van der Waals surface area (Å²) in [6.45, 7) is 1.66. The Balaban J connectivity index is 1.80. The Hall–Kier alpha value is -1.92. The van der Waals surface area contributed by atoms with Crippen LogP contribution in [-0.4, -0.2) is 39.3 Å². The number of hydrogen-bond acceptors (Lipinski definition) is 6. The molecule has 1 aromatic carbocycles. The number of aliphatic hydroxyl groups is 1. The molecule has 0 aliphatic rings. The van der Waals surface area contributed by atoms with Crippen molar-refractivity contribution in [1.82, 2.24) is 9.97 Å². The zero-order valence-corrected chi connectivity index (χ0v) is 12.4. The highest BCUT2D eigenvalue weighted by molar-refractivity contribution is 7.99. The van der Waals surface area contributed by atoms with Crippen LogP contribution in [0.2, 0.25) is 0 Å². The number of carbonyl (C=O) groups excluding carboxylic acids is 1. The number of rotatable bonds is 7. The summed E-state index contributed by atoms with van der Waals surface area (Å²) in [5, 5.41) is 10.5. The summed E-state index contributed by atoms with van der Waals surface area (Å²) < 4.78 is 5.49. The third-order valence-corrected chi connectivity index (χ3v) is 3.65. The first-order valence-corrected chi connectivity index (χ1v) is 7.45. The van der Waals surface area contributed by atoms with Crippen LogP contribution in [0.1, 0.15) is 17.3 Å². The van der Waals surface area contributed by atoms with Gasteiger partial charge in [0.25, 0.3) is 0 Å². The fraction of sp³-hybridized carbons (Fsp3) is 0.267. The van der Waals surface area contributed by atoms with Crippen LogP contribution in [0.15, 0.2) is 47.9 Å². The Morgan fingerprint density at radius 1 is 1.33 bits per heavy atom. The number of thioether (sulfide) groups is 1. The van der Waals surface area contributed by atoms with Gasteiger partial charge >= 0.3 is 0 Å². The van der Waals surface area contributed by atoms with E-state index in [2.05, 4.69) is 9.97 Å². The maximum atomic E-state index is 11.3. The number of aromatic nitrogens is 2. The molecule has 110 valence electrons. The molecule has 2 aromatic rings. The summed E-state index contributed by atoms with van der Waals surface area (Å²) in [6, 6.07) is 8.65. The van der Waals surface area contributed by atoms with Crippen molar-refractivity contribution >= 4 is 17.5 Å². The van der Waals surface area contributed by atoms with E-state index in [0.29, 0.717) is 22.2 Å². The standard InChI is InChI=1S/C15H16N2O3S/c1-11(18)12-4-2-5-14(8-12)20-9-13(19)10-21-15-16-6-3-7-17-15/h2-8,13,19H,9-10H2,1H3/t13-/m0/s1. The highest BCUT2D eigenvalue weighted by atomic mass is 32.2. The summed E-state index contributed by atoms with van der Waals surface area (Å²) in [6.07, 6.45) is 2.68. The topological polar surface area (TPSA) is 72.3 Å². The van der Waals surface area contributed by atoms with Gasteiger partial charge < -0.3 is 9.84 Å². The number of hydrogen-bond donors (Lipinski definition) is 1. The van der Waals surface area contributed by atoms with Crippen molar-refractivity contribution in [2.45, 2.75) is 18.2 Å². The Kier molecular flexibility index (Phi) is 5.71. The molecule has 1 heterocycles. The molecule has 0 aliphatic heterocycles. The monoisotopic (exact) mass is 304 g/mol. The van der Waals surface area contributed by atoms with Gasteiger partial charge in [0.05, 0.1) is 6.10 Å². The van der Waals surface area contributed by atoms with E-state index in [9.17, 15) is 9.90 Å². The quantitative estimate of drug-likeness (QED) is 0.480. The molecule has 0 fully saturated rings. The first-order chi connectivity index (χ1) is 10.1. The number of Topliss-reactive ketones (excluding diaryl/α,β-unsaturated/α-hetero) is 1. The van der Waals surface area contributed by atoms with Gasteiger partial charge in [-0.2, -0.15) is 0 Å². The van der Waals surface area contributed by atoms with Crippen LogP contribution >= 0.6 is 11.8 Å². The normalized spacial score (nSPS) is 11.9. The van der Waals surface area contributed by atoms with Crippen molar-refractivity contribution in [3.05, 3.63) is 48.3 Å². The third kappa shape index (κ3) is 5.17. The van der Waals surface area contributed by atoms with E-state index in [1.165, 1.54) is 18.7 Å². The maximum Gasteiger partial charge on any atom is 0.187 e. The molecule has 6 heteroatoms. The maximum absolute atomic E-state index is 11.3. The number of benzene rings is 1. The summed E-state index contributed by atoms with van der Waals surface area (Å²) in [7, 11) is 0. The largest absolute Gasteiger partial charge is 0.491 e. The predicted octanol–water partition coefficient (Wildman–Crippen LogP) is 2.21. The highest BCUT2D eigenvalue weighted by Crippen LogP contribution is 2.16. The molecule has 2 rings (SSSR count). The Bertz CT molecular complexity index is 592. The Labute approximate surface area is 127 Å². The molecular weight excluding hydrogens is 288 g/mol. The molecule has 0 unspecified atom stereocenters. The van der Waals surface area contributed by atoms with Crippen molar-refractivity contribution < 1.29 is 14.6 Å². The molecule has 5 nitrogen and oxygen atoms in total. The molecule has 0 saturated carbocycles. The summed E-state index contributed by atoms with van der Waals surface area (Å²) in [5.41, 5.74) is 0.592. The summed E-state index contributed by atoms with van der Waals surface area (Å²) >= 11 is 1.37. The molecule has 21 heavy (non-hydrogen) atoms. The van der Waals surface area contributed by atoms with E-state index in [0.717, 1.165) is 0 Å². The van der Waals surface area contributed by atoms with Gasteiger partial charge in [0.2, 0.25) is 0 Å². The van der Waals surface area contributed by atoms with Crippen LogP contribution in [-0.2, 0) is 0 Å². The van der Waals surface area contributed by atoms with Crippen molar-refractivity contribution in [3.8, 4) is 5.75 Å². The number of ether oxygens (including phenoxy) is 1. The molecule has 0 radical (unpaired) electrons. The molecule has 0 aliphatic carbocycles. The zero-order chi connectivity index (χ0) is 15.1. The second-order valence-electron chi connectivity index (χ2n) is 4.39. The van der Waals surface area contributed by atoms with Gasteiger partial charge in [-0.3, -0.25) is 4.79 Å². The van der Waals surface area contributed by atoms with Gasteiger partial charge in [-0.05, 0) is 25.1 Å². The summed E-state index contributed by atoms with van der Waals surface area (Å²) in [5.74, 6) is 0.997. The number of ketones is 1. The number of nitrogens with zero attached hydrogens (tertiary/aromatic N) is 2. The number of carbonyl (C=O) groups is 1. The van der Waals surface area contributed by atoms with Gasteiger partial charge in [0.15, 0.2) is 10.9 Å². The van der Waals surface area contributed by atoms with Gasteiger partial charge in [-0.1, -0.05) is 23.9 Å². The molecule has 1 atom stereocenters. The molecule has 0 amide bonds. The smallest absolute Gasteiger partial charge is 0.187 e. The van der Waals surface area contributed by atoms with Crippen LogP contribution in [0.4, 0.5) is 0 Å². The predicted molar refractivity (Wildman–Crippen MR) is 80.7 cm³/mol. The molecule has 1 aromatic heterocycles. The van der Waals surface area contributed by atoms with E-state index in [1.54, 1.807) is 42.7 Å². The van der Waals surface area contributed by atoms with Crippen LogP contribution in [0.25, 0.3) is 0 Å². The van der Waals surface area contributed by atoms with Crippen LogP contribution in [0, 0.1) is 0 Å². The fourth-order valence-electron chi connectivity index (χ4n) is 1.58. The van der Waals surface area contributed by atoms with Gasteiger partial charge in [-0.25, -0.2) is 9.97 Å². The Morgan fingerprint density at radius 3 is 2.81 bits per heavy atom. The lowest BCUT2D eigenvalue weighted by Crippen LogP contribution is -2.20. The zero-order valence-electron chi connectivity index (χ0n) is 11.6. The second-order valence-corrected chi connectivity index (χ2v) is 5.38. The minimum absolute atomic E-state index is 0.0159. The molecule has 0 bridgehead atoms. The lowest BCUT2D eigenvalue weighted by molar-refractivity contribution is 0.101. The Morgan fingerprint density at radius 2 is 2.10 bits per heavy atom. The fourth-order valence-corrected chi connectivity index (χ4v) is 2.28. The molecule has 0 spiro atoms. The van der Waals surface area contributed by atoms with Crippen LogP contribution in [0.3, 0.4) is 0 Å². The first kappa shape index (κ1) is 15.5. The lowest BCUT2D eigenvalue weighted by Gasteiger charge is -2.12. The van der Waals surface area contributed by atoms with E-state index >= 15 is 0 Å². The lowest BCUT2D eigenvalue weighted by atomic mass is 10.1.